The zero-order valence-electron chi connectivity index (χ0n) is 10.8. The van der Waals surface area contributed by atoms with Gasteiger partial charge in [-0.25, -0.2) is 4.79 Å². The molecule has 2 fully saturated rings. The van der Waals surface area contributed by atoms with Gasteiger partial charge in [0.25, 0.3) is 0 Å². The van der Waals surface area contributed by atoms with Crippen molar-refractivity contribution < 1.29 is 14.3 Å². The van der Waals surface area contributed by atoms with E-state index in [1.165, 1.54) is 0 Å². The van der Waals surface area contributed by atoms with E-state index >= 15 is 0 Å². The van der Waals surface area contributed by atoms with Gasteiger partial charge in [-0.05, 0) is 38.5 Å². The van der Waals surface area contributed by atoms with E-state index in [1.807, 2.05) is 6.92 Å². The van der Waals surface area contributed by atoms with E-state index in [1.54, 1.807) is 13.0 Å². The Balaban J connectivity index is 2.00. The number of fused-ring (bicyclic) bond motifs is 1. The van der Waals surface area contributed by atoms with E-state index in [9.17, 15) is 9.59 Å². The molecule has 0 radical (unpaired) electrons. The number of Topliss-reactive ketones (excluding diaryl/α,β-unsaturated/α-hetero) is 1. The molecule has 3 atom stereocenters. The molecule has 0 aliphatic heterocycles. The molecule has 0 aromatic carbocycles. The Morgan fingerprint density at radius 3 is 2.88 bits per heavy atom. The Hall–Kier alpha value is -1.12. The van der Waals surface area contributed by atoms with Crippen molar-refractivity contribution in [1.29, 1.82) is 0 Å². The minimum atomic E-state index is -0.290. The van der Waals surface area contributed by atoms with Crippen LogP contribution in [0.1, 0.15) is 40.0 Å². The Morgan fingerprint density at radius 2 is 2.29 bits per heavy atom. The molecule has 0 bridgehead atoms. The number of ether oxygens (including phenoxy) is 1. The van der Waals surface area contributed by atoms with Gasteiger partial charge >= 0.3 is 5.97 Å². The van der Waals surface area contributed by atoms with Crippen LogP contribution in [0, 0.1) is 17.3 Å². The molecule has 2 rings (SSSR count). The lowest BCUT2D eigenvalue weighted by Gasteiger charge is -2.25. The Bertz CT molecular complexity index is 383. The summed E-state index contributed by atoms with van der Waals surface area (Å²) in [5, 5.41) is 0. The van der Waals surface area contributed by atoms with Crippen LogP contribution in [0.25, 0.3) is 0 Å². The zero-order chi connectivity index (χ0) is 12.6. The molecule has 2 saturated carbocycles. The highest BCUT2D eigenvalue weighted by Gasteiger charge is 2.58. The van der Waals surface area contributed by atoms with Crippen LogP contribution in [-0.2, 0) is 14.3 Å². The van der Waals surface area contributed by atoms with E-state index in [0.29, 0.717) is 24.7 Å². The summed E-state index contributed by atoms with van der Waals surface area (Å²) in [6.07, 6.45) is 4.22. The second kappa shape index (κ2) is 4.28. The summed E-state index contributed by atoms with van der Waals surface area (Å²) in [5.41, 5.74) is 0.964. The molecule has 17 heavy (non-hydrogen) atoms. The van der Waals surface area contributed by atoms with Crippen molar-refractivity contribution in [3.8, 4) is 0 Å². The van der Waals surface area contributed by atoms with Crippen LogP contribution < -0.4 is 0 Å². The van der Waals surface area contributed by atoms with Gasteiger partial charge in [0, 0.05) is 17.9 Å². The van der Waals surface area contributed by atoms with E-state index in [0.717, 1.165) is 18.4 Å². The number of rotatable bonds is 3. The number of carbonyl (C=O) groups is 2. The number of ketones is 1. The highest BCUT2D eigenvalue weighted by molar-refractivity contribution is 5.89. The van der Waals surface area contributed by atoms with Gasteiger partial charge in [0.2, 0.25) is 0 Å². The zero-order valence-corrected chi connectivity index (χ0v) is 10.8. The maximum atomic E-state index is 11.9. The van der Waals surface area contributed by atoms with Crippen LogP contribution in [-0.4, -0.2) is 18.4 Å². The van der Waals surface area contributed by atoms with Crippen LogP contribution >= 0.6 is 0 Å². The van der Waals surface area contributed by atoms with E-state index in [-0.39, 0.29) is 17.3 Å². The molecule has 0 N–H and O–H groups in total. The molecule has 0 amide bonds. The van der Waals surface area contributed by atoms with Crippen molar-refractivity contribution >= 4 is 11.8 Å². The highest BCUT2D eigenvalue weighted by Crippen LogP contribution is 2.60. The minimum Gasteiger partial charge on any atom is -0.463 e. The van der Waals surface area contributed by atoms with Gasteiger partial charge in [0.1, 0.15) is 5.78 Å². The predicted molar refractivity (Wildman–Crippen MR) is 64.3 cm³/mol. The molecule has 1 unspecified atom stereocenters. The first-order valence-corrected chi connectivity index (χ1v) is 6.35. The lowest BCUT2D eigenvalue weighted by Crippen LogP contribution is -2.25. The lowest BCUT2D eigenvalue weighted by atomic mass is 9.78. The van der Waals surface area contributed by atoms with Gasteiger partial charge in [-0.3, -0.25) is 4.79 Å². The summed E-state index contributed by atoms with van der Waals surface area (Å²) >= 11 is 0. The van der Waals surface area contributed by atoms with Crippen LogP contribution in [0.2, 0.25) is 0 Å². The van der Waals surface area contributed by atoms with Gasteiger partial charge in [-0.15, -0.1) is 0 Å². The fourth-order valence-corrected chi connectivity index (χ4v) is 2.86. The largest absolute Gasteiger partial charge is 0.463 e. The number of hydrogen-bond donors (Lipinski definition) is 0. The molecule has 0 aromatic rings. The summed E-state index contributed by atoms with van der Waals surface area (Å²) in [4.78, 5) is 23.3. The normalized spacial score (nSPS) is 36.4. The van der Waals surface area contributed by atoms with Crippen LogP contribution in [0.3, 0.4) is 0 Å². The average Bonchev–Trinajstić information content (AvgIpc) is 2.91. The fraction of sp³-hybridized carbons (Fsp3) is 0.714. The molecule has 0 saturated heterocycles. The van der Waals surface area contributed by atoms with Gasteiger partial charge in [0.15, 0.2) is 0 Å². The van der Waals surface area contributed by atoms with Crippen molar-refractivity contribution in [2.24, 2.45) is 17.3 Å². The summed E-state index contributed by atoms with van der Waals surface area (Å²) in [5.74, 6) is 0.865. The molecule has 0 aromatic heterocycles. The third-order valence-corrected chi connectivity index (χ3v) is 4.33. The first-order chi connectivity index (χ1) is 7.97. The van der Waals surface area contributed by atoms with Gasteiger partial charge in [-0.1, -0.05) is 12.5 Å². The van der Waals surface area contributed by atoms with Crippen molar-refractivity contribution in [3.63, 3.8) is 0 Å². The van der Waals surface area contributed by atoms with Gasteiger partial charge in [0.05, 0.1) is 6.61 Å². The number of hydrogen-bond acceptors (Lipinski definition) is 3. The first-order valence-electron chi connectivity index (χ1n) is 6.35. The molecule has 0 spiro atoms. The Kier molecular flexibility index (Phi) is 3.11. The second-order valence-corrected chi connectivity index (χ2v) is 5.52. The second-order valence-electron chi connectivity index (χ2n) is 5.52. The van der Waals surface area contributed by atoms with Crippen molar-refractivity contribution in [1.82, 2.24) is 0 Å². The fourth-order valence-electron chi connectivity index (χ4n) is 2.86. The Labute approximate surface area is 102 Å². The average molecular weight is 236 g/mol. The van der Waals surface area contributed by atoms with E-state index in [2.05, 4.69) is 6.92 Å². The molecular weight excluding hydrogens is 216 g/mol. The maximum Gasteiger partial charge on any atom is 0.330 e. The van der Waals surface area contributed by atoms with Gasteiger partial charge in [-0.2, -0.15) is 0 Å². The SMILES string of the molecule is CCOC(=O)/C=C(/C)C1CC(=O)[C@@]2(C)C[C@H]2C1. The quantitative estimate of drug-likeness (QED) is 0.558. The van der Waals surface area contributed by atoms with Crippen molar-refractivity contribution in [2.75, 3.05) is 6.61 Å². The number of esters is 1. The van der Waals surface area contributed by atoms with E-state index < -0.39 is 0 Å². The molecule has 2 aliphatic rings. The minimum absolute atomic E-state index is 0.0271. The number of allylic oxidation sites excluding steroid dienone is 1. The summed E-state index contributed by atoms with van der Waals surface area (Å²) in [6.45, 7) is 6.19. The van der Waals surface area contributed by atoms with E-state index in [4.69, 9.17) is 4.74 Å². The van der Waals surface area contributed by atoms with Crippen LogP contribution in [0.5, 0.6) is 0 Å². The summed E-state index contributed by atoms with van der Waals surface area (Å²) < 4.78 is 4.89. The van der Waals surface area contributed by atoms with Crippen molar-refractivity contribution in [3.05, 3.63) is 11.6 Å². The third-order valence-electron chi connectivity index (χ3n) is 4.33. The van der Waals surface area contributed by atoms with Crippen LogP contribution in [0.4, 0.5) is 0 Å². The van der Waals surface area contributed by atoms with Gasteiger partial charge < -0.3 is 4.74 Å². The molecule has 94 valence electrons. The standard InChI is InChI=1S/C14H20O3/c1-4-17-13(16)5-9(2)10-6-11-8-14(11,3)12(15)7-10/h5,10-11H,4,6-8H2,1-3H3/b9-5-/t10?,11-,14+/m1/s1. The molecule has 2 aliphatic carbocycles. The molecular formula is C14H20O3. The molecule has 3 heteroatoms. The monoisotopic (exact) mass is 236 g/mol. The third kappa shape index (κ3) is 2.28. The number of carbonyl (C=O) groups excluding carboxylic acids is 2. The summed E-state index contributed by atoms with van der Waals surface area (Å²) in [6, 6.07) is 0. The smallest absolute Gasteiger partial charge is 0.330 e. The summed E-state index contributed by atoms with van der Waals surface area (Å²) in [7, 11) is 0. The highest BCUT2D eigenvalue weighted by atomic mass is 16.5. The lowest BCUT2D eigenvalue weighted by molar-refractivity contribution is -0.137. The van der Waals surface area contributed by atoms with Crippen molar-refractivity contribution in [2.45, 2.75) is 40.0 Å². The topological polar surface area (TPSA) is 43.4 Å². The predicted octanol–water partition coefficient (Wildman–Crippen LogP) is 2.50. The molecule has 3 nitrogen and oxygen atoms in total. The maximum absolute atomic E-state index is 11.9. The Morgan fingerprint density at radius 1 is 1.59 bits per heavy atom. The van der Waals surface area contributed by atoms with Crippen LogP contribution in [0.15, 0.2) is 11.6 Å². The first kappa shape index (κ1) is 12.3. The molecule has 0 heterocycles.